The van der Waals surface area contributed by atoms with Crippen molar-refractivity contribution in [2.45, 2.75) is 19.5 Å². The normalized spacial score (nSPS) is 16.7. The number of amides is 1. The van der Waals surface area contributed by atoms with Crippen molar-refractivity contribution < 1.29 is 9.53 Å². The number of benzene rings is 1. The van der Waals surface area contributed by atoms with E-state index in [0.29, 0.717) is 26.2 Å². The minimum Gasteiger partial charge on any atom is -0.383 e. The SMILES string of the molecule is COCCNCC(=O)N1Cc2ccccc2N(C)CC1C.Cl.Cl. The van der Waals surface area contributed by atoms with Crippen molar-refractivity contribution in [2.24, 2.45) is 0 Å². The number of hydrogen-bond acceptors (Lipinski definition) is 4. The van der Waals surface area contributed by atoms with Crippen LogP contribution >= 0.6 is 24.8 Å². The second-order valence-corrected chi connectivity index (χ2v) is 5.55. The molecule has 0 radical (unpaired) electrons. The lowest BCUT2D eigenvalue weighted by Gasteiger charge is -2.28. The molecule has 0 aromatic heterocycles. The number of anilines is 1. The predicted octanol–water partition coefficient (Wildman–Crippen LogP) is 1.93. The summed E-state index contributed by atoms with van der Waals surface area (Å²) >= 11 is 0. The maximum atomic E-state index is 12.4. The van der Waals surface area contributed by atoms with Crippen LogP contribution in [-0.4, -0.2) is 57.2 Å². The molecule has 1 amide bonds. The van der Waals surface area contributed by atoms with E-state index in [-0.39, 0.29) is 36.8 Å². The fourth-order valence-electron chi connectivity index (χ4n) is 2.75. The fraction of sp³-hybridized carbons (Fsp3) is 0.562. The third kappa shape index (κ3) is 5.84. The molecular formula is C16H27Cl2N3O2. The van der Waals surface area contributed by atoms with E-state index in [1.165, 1.54) is 11.3 Å². The van der Waals surface area contributed by atoms with Crippen molar-refractivity contribution in [3.8, 4) is 0 Å². The Morgan fingerprint density at radius 2 is 2.04 bits per heavy atom. The van der Waals surface area contributed by atoms with Crippen LogP contribution in [0.1, 0.15) is 12.5 Å². The van der Waals surface area contributed by atoms with Crippen LogP contribution < -0.4 is 10.2 Å². The number of fused-ring (bicyclic) bond motifs is 1. The van der Waals surface area contributed by atoms with Crippen LogP contribution in [0.2, 0.25) is 0 Å². The molecular weight excluding hydrogens is 337 g/mol. The zero-order valence-corrected chi connectivity index (χ0v) is 15.6. The number of carbonyl (C=O) groups is 1. The topological polar surface area (TPSA) is 44.8 Å². The minimum absolute atomic E-state index is 0. The van der Waals surface area contributed by atoms with Crippen LogP contribution in [-0.2, 0) is 16.1 Å². The molecule has 2 rings (SSSR count). The first-order valence-electron chi connectivity index (χ1n) is 7.41. The summed E-state index contributed by atoms with van der Waals surface area (Å²) in [5.74, 6) is 0.142. The molecule has 0 aliphatic carbocycles. The van der Waals surface area contributed by atoms with Crippen LogP contribution in [0, 0.1) is 0 Å². The largest absolute Gasteiger partial charge is 0.383 e. The first kappa shape index (κ1) is 22.0. The molecule has 1 aliphatic heterocycles. The number of likely N-dealkylation sites (N-methyl/N-ethyl adjacent to an activating group) is 1. The number of nitrogens with one attached hydrogen (secondary N) is 1. The average molecular weight is 364 g/mol. The van der Waals surface area contributed by atoms with Gasteiger partial charge in [-0.1, -0.05) is 18.2 Å². The van der Waals surface area contributed by atoms with Gasteiger partial charge >= 0.3 is 0 Å². The highest BCUT2D eigenvalue weighted by Crippen LogP contribution is 2.25. The van der Waals surface area contributed by atoms with Gasteiger partial charge in [-0.2, -0.15) is 0 Å². The summed E-state index contributed by atoms with van der Waals surface area (Å²) in [5, 5.41) is 3.13. The van der Waals surface area contributed by atoms with Crippen molar-refractivity contribution in [1.29, 1.82) is 0 Å². The summed E-state index contributed by atoms with van der Waals surface area (Å²) in [6.07, 6.45) is 0. The number of ether oxygens (including phenoxy) is 1. The van der Waals surface area contributed by atoms with E-state index in [1.54, 1.807) is 7.11 Å². The monoisotopic (exact) mass is 363 g/mol. The van der Waals surface area contributed by atoms with Crippen LogP contribution in [0.4, 0.5) is 5.69 Å². The van der Waals surface area contributed by atoms with Gasteiger partial charge in [-0.05, 0) is 18.6 Å². The number of rotatable bonds is 5. The van der Waals surface area contributed by atoms with Crippen molar-refractivity contribution >= 4 is 36.4 Å². The molecule has 132 valence electrons. The van der Waals surface area contributed by atoms with Crippen LogP contribution in [0.15, 0.2) is 24.3 Å². The Kier molecular flexibility index (Phi) is 10.2. The quantitative estimate of drug-likeness (QED) is 0.811. The first-order chi connectivity index (χ1) is 10.1. The summed E-state index contributed by atoms with van der Waals surface area (Å²) < 4.78 is 4.98. The third-order valence-electron chi connectivity index (χ3n) is 3.89. The van der Waals surface area contributed by atoms with E-state index < -0.39 is 0 Å². The highest BCUT2D eigenvalue weighted by molar-refractivity contribution is 5.85. The molecule has 1 heterocycles. The maximum absolute atomic E-state index is 12.4. The second kappa shape index (κ2) is 10.7. The number of methoxy groups -OCH3 is 1. The van der Waals surface area contributed by atoms with Crippen molar-refractivity contribution in [2.75, 3.05) is 45.3 Å². The maximum Gasteiger partial charge on any atom is 0.237 e. The van der Waals surface area contributed by atoms with E-state index in [0.717, 1.165) is 6.54 Å². The second-order valence-electron chi connectivity index (χ2n) is 5.55. The molecule has 1 aromatic rings. The van der Waals surface area contributed by atoms with Crippen molar-refractivity contribution in [3.63, 3.8) is 0 Å². The Balaban J connectivity index is 0.00000242. The number of para-hydroxylation sites is 1. The Labute approximate surface area is 151 Å². The van der Waals surface area contributed by atoms with Crippen molar-refractivity contribution in [1.82, 2.24) is 10.2 Å². The Morgan fingerprint density at radius 1 is 1.35 bits per heavy atom. The Hall–Kier alpha value is -1.01. The molecule has 5 nitrogen and oxygen atoms in total. The van der Waals surface area contributed by atoms with Gasteiger partial charge in [-0.25, -0.2) is 0 Å². The van der Waals surface area contributed by atoms with E-state index in [1.807, 2.05) is 17.0 Å². The first-order valence-corrected chi connectivity index (χ1v) is 7.41. The molecule has 0 bridgehead atoms. The van der Waals surface area contributed by atoms with E-state index >= 15 is 0 Å². The summed E-state index contributed by atoms with van der Waals surface area (Å²) in [5.41, 5.74) is 2.42. The predicted molar refractivity (Wildman–Crippen MR) is 99.0 cm³/mol. The van der Waals surface area contributed by atoms with Gasteiger partial charge in [0.2, 0.25) is 5.91 Å². The molecule has 0 saturated heterocycles. The molecule has 0 fully saturated rings. The van der Waals surface area contributed by atoms with Crippen LogP contribution in [0.25, 0.3) is 0 Å². The van der Waals surface area contributed by atoms with Gasteiger partial charge in [0.1, 0.15) is 0 Å². The molecule has 7 heteroatoms. The molecule has 23 heavy (non-hydrogen) atoms. The summed E-state index contributed by atoms with van der Waals surface area (Å²) in [6.45, 7) is 5.30. The highest BCUT2D eigenvalue weighted by Gasteiger charge is 2.26. The Morgan fingerprint density at radius 3 is 2.74 bits per heavy atom. The molecule has 1 aliphatic rings. The lowest BCUT2D eigenvalue weighted by atomic mass is 10.1. The molecule has 1 N–H and O–H groups in total. The summed E-state index contributed by atoms with van der Waals surface area (Å²) in [6, 6.07) is 8.49. The standard InChI is InChI=1S/C16H25N3O2.2ClH/c1-13-11-18(2)15-7-5-4-6-14(15)12-19(13)16(20)10-17-8-9-21-3;;/h4-7,13,17H,8-12H2,1-3H3;2*1H. The molecule has 1 aromatic carbocycles. The molecule has 1 atom stereocenters. The van der Waals surface area contributed by atoms with E-state index in [2.05, 4.69) is 36.3 Å². The zero-order chi connectivity index (χ0) is 15.2. The van der Waals surface area contributed by atoms with E-state index in [4.69, 9.17) is 4.74 Å². The fourth-order valence-corrected chi connectivity index (χ4v) is 2.75. The number of carbonyl (C=O) groups excluding carboxylic acids is 1. The van der Waals surface area contributed by atoms with E-state index in [9.17, 15) is 4.79 Å². The lowest BCUT2D eigenvalue weighted by molar-refractivity contribution is -0.132. The zero-order valence-electron chi connectivity index (χ0n) is 13.9. The third-order valence-corrected chi connectivity index (χ3v) is 3.89. The van der Waals surface area contributed by atoms with Crippen LogP contribution in [0.3, 0.4) is 0 Å². The van der Waals surface area contributed by atoms with Crippen LogP contribution in [0.5, 0.6) is 0 Å². The number of nitrogens with zero attached hydrogens (tertiary/aromatic N) is 2. The number of hydrogen-bond donors (Lipinski definition) is 1. The summed E-state index contributed by atoms with van der Waals surface area (Å²) in [4.78, 5) is 16.6. The minimum atomic E-state index is 0. The highest BCUT2D eigenvalue weighted by atomic mass is 35.5. The van der Waals surface area contributed by atoms with Gasteiger partial charge in [0.05, 0.1) is 13.2 Å². The van der Waals surface area contributed by atoms with Gasteiger partial charge in [0, 0.05) is 45.5 Å². The smallest absolute Gasteiger partial charge is 0.237 e. The van der Waals surface area contributed by atoms with Crippen molar-refractivity contribution in [3.05, 3.63) is 29.8 Å². The molecule has 0 saturated carbocycles. The number of halogens is 2. The van der Waals surface area contributed by atoms with Gasteiger partial charge in [0.15, 0.2) is 0 Å². The summed E-state index contributed by atoms with van der Waals surface area (Å²) in [7, 11) is 3.74. The Bertz CT molecular complexity index is 488. The molecule has 1 unspecified atom stereocenters. The van der Waals surface area contributed by atoms with Gasteiger partial charge in [-0.3, -0.25) is 4.79 Å². The van der Waals surface area contributed by atoms with Gasteiger partial charge < -0.3 is 19.9 Å². The van der Waals surface area contributed by atoms with Gasteiger partial charge in [0.25, 0.3) is 0 Å². The molecule has 0 spiro atoms. The average Bonchev–Trinajstić information content (AvgIpc) is 2.61. The lowest BCUT2D eigenvalue weighted by Crippen LogP contribution is -2.45. The van der Waals surface area contributed by atoms with Gasteiger partial charge in [-0.15, -0.1) is 24.8 Å².